The number of amides is 1. The van der Waals surface area contributed by atoms with E-state index in [4.69, 9.17) is 0 Å². The molecule has 5 nitrogen and oxygen atoms in total. The molecule has 21 heavy (non-hydrogen) atoms. The number of hydrogen-bond acceptors (Lipinski definition) is 4. The molecule has 0 bridgehead atoms. The fraction of sp³-hybridized carbons (Fsp3) is 0.600. The predicted octanol–water partition coefficient (Wildman–Crippen LogP) is 0.759. The summed E-state index contributed by atoms with van der Waals surface area (Å²) in [5.74, 6) is 0.500. The second-order valence-corrected chi connectivity index (χ2v) is 8.80. The van der Waals surface area contributed by atoms with Gasteiger partial charge in [-0.1, -0.05) is 6.07 Å². The van der Waals surface area contributed by atoms with Crippen molar-refractivity contribution in [2.45, 2.75) is 29.9 Å². The van der Waals surface area contributed by atoms with E-state index in [9.17, 15) is 13.2 Å². The van der Waals surface area contributed by atoms with Crippen LogP contribution in [0, 0.1) is 5.92 Å². The first-order valence-corrected chi connectivity index (χ1v) is 9.17. The number of fused-ring (bicyclic) bond motifs is 1. The van der Waals surface area contributed by atoms with E-state index in [0.717, 1.165) is 18.5 Å². The van der Waals surface area contributed by atoms with Crippen molar-refractivity contribution in [1.82, 2.24) is 9.88 Å². The zero-order chi connectivity index (χ0) is 14.7. The normalized spacial score (nSPS) is 31.9. The molecule has 3 fully saturated rings. The van der Waals surface area contributed by atoms with E-state index in [0.29, 0.717) is 19.5 Å². The summed E-state index contributed by atoms with van der Waals surface area (Å²) in [6, 6.07) is 5.65. The highest BCUT2D eigenvalue weighted by atomic mass is 32.2. The van der Waals surface area contributed by atoms with Gasteiger partial charge in [-0.25, -0.2) is 8.42 Å². The zero-order valence-electron chi connectivity index (χ0n) is 11.7. The van der Waals surface area contributed by atoms with Crippen LogP contribution in [0.5, 0.6) is 0 Å². The Morgan fingerprint density at radius 3 is 2.71 bits per heavy atom. The van der Waals surface area contributed by atoms with Crippen molar-refractivity contribution in [2.75, 3.05) is 18.8 Å². The largest absolute Gasteiger partial charge is 0.340 e. The van der Waals surface area contributed by atoms with Gasteiger partial charge in [0.15, 0.2) is 9.84 Å². The van der Waals surface area contributed by atoms with E-state index in [1.165, 1.54) is 0 Å². The molecule has 0 aromatic carbocycles. The van der Waals surface area contributed by atoms with Crippen LogP contribution in [0.4, 0.5) is 0 Å². The van der Waals surface area contributed by atoms with Gasteiger partial charge in [0.25, 0.3) is 0 Å². The number of nitrogens with zero attached hydrogens (tertiary/aromatic N) is 2. The fourth-order valence-electron chi connectivity index (χ4n) is 3.81. The van der Waals surface area contributed by atoms with Gasteiger partial charge in [0.05, 0.1) is 22.1 Å². The summed E-state index contributed by atoms with van der Waals surface area (Å²) in [5.41, 5.74) is 0.346. The number of sulfone groups is 1. The summed E-state index contributed by atoms with van der Waals surface area (Å²) >= 11 is 0. The van der Waals surface area contributed by atoms with Gasteiger partial charge >= 0.3 is 0 Å². The highest BCUT2D eigenvalue weighted by Crippen LogP contribution is 2.50. The molecule has 2 atom stereocenters. The Balaban J connectivity index is 1.58. The van der Waals surface area contributed by atoms with Crippen LogP contribution in [0.25, 0.3) is 0 Å². The lowest BCUT2D eigenvalue weighted by Crippen LogP contribution is -2.39. The first kappa shape index (κ1) is 13.2. The third-order valence-corrected chi connectivity index (χ3v) is 7.48. The van der Waals surface area contributed by atoms with Gasteiger partial charge < -0.3 is 4.90 Å². The van der Waals surface area contributed by atoms with Crippen LogP contribution >= 0.6 is 0 Å². The first-order valence-electron chi connectivity index (χ1n) is 7.45. The van der Waals surface area contributed by atoms with Gasteiger partial charge in [-0.05, 0) is 37.3 Å². The molecular formula is C15H18N2O3S. The Kier molecular flexibility index (Phi) is 2.70. The van der Waals surface area contributed by atoms with Gasteiger partial charge in [-0.2, -0.15) is 0 Å². The topological polar surface area (TPSA) is 67.3 Å². The lowest BCUT2D eigenvalue weighted by atomic mass is 10.00. The van der Waals surface area contributed by atoms with Crippen molar-refractivity contribution in [3.8, 4) is 0 Å². The molecule has 0 radical (unpaired) electrons. The molecule has 3 aliphatic rings. The van der Waals surface area contributed by atoms with Crippen LogP contribution in [0.1, 0.15) is 25.0 Å². The first-order chi connectivity index (χ1) is 10.0. The number of carbonyl (C=O) groups is 1. The van der Waals surface area contributed by atoms with Crippen molar-refractivity contribution in [3.05, 3.63) is 30.1 Å². The summed E-state index contributed by atoms with van der Waals surface area (Å²) in [7, 11) is -2.99. The van der Waals surface area contributed by atoms with Crippen LogP contribution in [0.15, 0.2) is 24.4 Å². The van der Waals surface area contributed by atoms with Crippen molar-refractivity contribution in [1.29, 1.82) is 0 Å². The van der Waals surface area contributed by atoms with Crippen LogP contribution in [-0.4, -0.2) is 48.3 Å². The average Bonchev–Trinajstić information content (AvgIpc) is 3.10. The van der Waals surface area contributed by atoms with E-state index in [-0.39, 0.29) is 22.8 Å². The fourth-order valence-corrected chi connectivity index (χ4v) is 5.96. The van der Waals surface area contributed by atoms with E-state index < -0.39 is 15.3 Å². The van der Waals surface area contributed by atoms with Crippen molar-refractivity contribution >= 4 is 15.7 Å². The van der Waals surface area contributed by atoms with E-state index >= 15 is 0 Å². The Labute approximate surface area is 124 Å². The standard InChI is InChI=1S/C15H18N2O3S/c18-14(15(5-6-15)13-3-1-2-7-16-13)17-9-11-4-8-21(19,20)12(11)10-17/h1-3,7,11-12H,4-6,8-10H2/t11-,12+/m0/s1. The second-order valence-electron chi connectivity index (χ2n) is 6.46. The average molecular weight is 306 g/mol. The molecule has 1 aromatic heterocycles. The quantitative estimate of drug-likeness (QED) is 0.809. The van der Waals surface area contributed by atoms with Gasteiger partial charge in [-0.15, -0.1) is 0 Å². The molecule has 6 heteroatoms. The highest BCUT2D eigenvalue weighted by Gasteiger charge is 2.57. The molecule has 1 aliphatic carbocycles. The van der Waals surface area contributed by atoms with Gasteiger partial charge in [0, 0.05) is 19.3 Å². The Morgan fingerprint density at radius 1 is 1.29 bits per heavy atom. The summed E-state index contributed by atoms with van der Waals surface area (Å²) in [5, 5.41) is -0.332. The SMILES string of the molecule is O=C(N1C[C@@H]2CCS(=O)(=O)[C@@H]2C1)C1(c2ccccn2)CC1. The van der Waals surface area contributed by atoms with Crippen LogP contribution in [-0.2, 0) is 20.0 Å². The minimum absolute atomic E-state index is 0.0748. The summed E-state index contributed by atoms with van der Waals surface area (Å²) in [4.78, 5) is 19.0. The van der Waals surface area contributed by atoms with Gasteiger partial charge in [-0.3, -0.25) is 9.78 Å². The van der Waals surface area contributed by atoms with E-state index in [2.05, 4.69) is 4.98 Å². The molecule has 1 aromatic rings. The third-order valence-electron chi connectivity index (χ3n) is 5.22. The molecule has 4 rings (SSSR count). The number of carbonyl (C=O) groups excluding carboxylic acids is 1. The molecule has 2 saturated heterocycles. The number of rotatable bonds is 2. The highest BCUT2D eigenvalue weighted by molar-refractivity contribution is 7.92. The minimum Gasteiger partial charge on any atom is -0.340 e. The summed E-state index contributed by atoms with van der Waals surface area (Å²) in [6.45, 7) is 0.970. The van der Waals surface area contributed by atoms with Crippen molar-refractivity contribution < 1.29 is 13.2 Å². The monoisotopic (exact) mass is 306 g/mol. The van der Waals surface area contributed by atoms with Gasteiger partial charge in [0.2, 0.25) is 5.91 Å². The van der Waals surface area contributed by atoms with Crippen molar-refractivity contribution in [3.63, 3.8) is 0 Å². The van der Waals surface area contributed by atoms with E-state index in [1.54, 1.807) is 11.1 Å². The molecule has 3 heterocycles. The van der Waals surface area contributed by atoms with Crippen LogP contribution in [0.3, 0.4) is 0 Å². The third kappa shape index (κ3) is 1.92. The number of pyridine rings is 1. The molecule has 1 amide bonds. The van der Waals surface area contributed by atoms with Crippen molar-refractivity contribution in [2.24, 2.45) is 5.92 Å². The summed E-state index contributed by atoms with van der Waals surface area (Å²) < 4.78 is 24.0. The van der Waals surface area contributed by atoms with Gasteiger partial charge in [0.1, 0.15) is 0 Å². The number of hydrogen-bond donors (Lipinski definition) is 0. The zero-order valence-corrected chi connectivity index (χ0v) is 12.6. The lowest BCUT2D eigenvalue weighted by molar-refractivity contribution is -0.133. The smallest absolute Gasteiger partial charge is 0.234 e. The predicted molar refractivity (Wildman–Crippen MR) is 77.4 cm³/mol. The minimum atomic E-state index is -2.99. The molecule has 2 aliphatic heterocycles. The number of likely N-dealkylation sites (tertiary alicyclic amines) is 1. The lowest BCUT2D eigenvalue weighted by Gasteiger charge is -2.23. The maximum absolute atomic E-state index is 12.9. The molecule has 112 valence electrons. The second kappa shape index (κ2) is 4.29. The van der Waals surface area contributed by atoms with Crippen LogP contribution in [0.2, 0.25) is 0 Å². The molecular weight excluding hydrogens is 288 g/mol. The molecule has 0 N–H and O–H groups in total. The Hall–Kier alpha value is -1.43. The van der Waals surface area contributed by atoms with Crippen LogP contribution < -0.4 is 0 Å². The molecule has 0 unspecified atom stereocenters. The number of aromatic nitrogens is 1. The maximum atomic E-state index is 12.9. The molecule has 1 saturated carbocycles. The molecule has 0 spiro atoms. The summed E-state index contributed by atoms with van der Waals surface area (Å²) in [6.07, 6.45) is 4.06. The maximum Gasteiger partial charge on any atom is 0.234 e. The Morgan fingerprint density at radius 2 is 2.10 bits per heavy atom. The van der Waals surface area contributed by atoms with E-state index in [1.807, 2.05) is 18.2 Å². The Bertz CT molecular complexity index is 682.